The predicted molar refractivity (Wildman–Crippen MR) is 261 cm³/mol. The van der Waals surface area contributed by atoms with Crippen LogP contribution in [0, 0.1) is 0 Å². The van der Waals surface area contributed by atoms with Crippen molar-refractivity contribution in [3.05, 3.63) is 119 Å². The van der Waals surface area contributed by atoms with Crippen LogP contribution in [0.15, 0.2) is 97.1 Å². The number of nitrogens with one attached hydrogen (secondary N) is 5. The van der Waals surface area contributed by atoms with Gasteiger partial charge in [-0.2, -0.15) is 0 Å². The average Bonchev–Trinajstić information content (AvgIpc) is 4.18. The van der Waals surface area contributed by atoms with Crippen LogP contribution in [0.4, 0.5) is 0 Å². The van der Waals surface area contributed by atoms with E-state index in [-0.39, 0.29) is 48.2 Å². The van der Waals surface area contributed by atoms with Gasteiger partial charge in [0.15, 0.2) is 0 Å². The number of likely N-dealkylation sites (tertiary alicyclic amines) is 2. The summed E-state index contributed by atoms with van der Waals surface area (Å²) in [6, 6.07) is 28.5. The second-order valence-electron chi connectivity index (χ2n) is 18.5. The topological polar surface area (TPSA) is 170 Å². The highest BCUT2D eigenvalue weighted by atomic mass is 16.5. The fourth-order valence-corrected chi connectivity index (χ4v) is 10.4. The predicted octanol–water partition coefficient (Wildman–Crippen LogP) is 5.40. The van der Waals surface area contributed by atoms with Crippen molar-refractivity contribution >= 4 is 29.5 Å². The fraction of sp³-hybridized carbons (Fsp3) is 0.463. The Morgan fingerprint density at radius 2 is 1.03 bits per heavy atom. The summed E-state index contributed by atoms with van der Waals surface area (Å²) in [5.41, 5.74) is 8.62. The van der Waals surface area contributed by atoms with E-state index in [1.54, 1.807) is 37.7 Å². The number of ether oxygens (including phenoxy) is 2. The molecule has 0 saturated carbocycles. The zero-order valence-corrected chi connectivity index (χ0v) is 39.8. The van der Waals surface area contributed by atoms with E-state index in [0.29, 0.717) is 45.6 Å². The molecule has 4 aromatic carbocycles. The van der Waals surface area contributed by atoms with Crippen molar-refractivity contribution in [3.63, 3.8) is 0 Å². The summed E-state index contributed by atoms with van der Waals surface area (Å²) < 4.78 is 12.2. The summed E-state index contributed by atoms with van der Waals surface area (Å²) in [6.07, 6.45) is 5.16. The highest BCUT2D eigenvalue weighted by Gasteiger charge is 2.42. The van der Waals surface area contributed by atoms with Gasteiger partial charge in [-0.25, -0.2) is 0 Å². The lowest BCUT2D eigenvalue weighted by molar-refractivity contribution is -0.145. The van der Waals surface area contributed by atoms with E-state index in [2.05, 4.69) is 63.0 Å². The summed E-state index contributed by atoms with van der Waals surface area (Å²) in [5.74, 6) is -1.16. The number of fused-ring (bicyclic) bond motifs is 6. The molecular formula is C54H67N7O7. The molecule has 2 fully saturated rings. The number of carbonyl (C=O) groups is 5. The minimum absolute atomic E-state index is 0.137. The molecule has 14 heteroatoms. The third kappa shape index (κ3) is 10.4. The molecule has 68 heavy (non-hydrogen) atoms. The number of hydrogen-bond donors (Lipinski definition) is 5. The van der Waals surface area contributed by atoms with Crippen molar-refractivity contribution in [2.75, 3.05) is 47.0 Å². The molecule has 4 aliphatic rings. The minimum Gasteiger partial charge on any atom is -0.379 e. The first-order valence-corrected chi connectivity index (χ1v) is 24.5. The molecule has 14 nitrogen and oxygen atoms in total. The van der Waals surface area contributed by atoms with Gasteiger partial charge in [0.2, 0.25) is 29.5 Å². The molecule has 360 valence electrons. The molecule has 2 aliphatic heterocycles. The van der Waals surface area contributed by atoms with E-state index in [1.807, 2.05) is 60.7 Å². The van der Waals surface area contributed by atoms with Crippen molar-refractivity contribution < 1.29 is 33.4 Å². The number of unbranched alkanes of at least 4 members (excludes halogenated alkanes) is 3. The van der Waals surface area contributed by atoms with Crippen LogP contribution in [0.5, 0.6) is 0 Å². The van der Waals surface area contributed by atoms with Gasteiger partial charge in [-0.1, -0.05) is 110 Å². The van der Waals surface area contributed by atoms with Gasteiger partial charge in [0.05, 0.1) is 30.8 Å². The molecule has 8 rings (SSSR count). The van der Waals surface area contributed by atoms with E-state index >= 15 is 0 Å². The van der Waals surface area contributed by atoms with Gasteiger partial charge >= 0.3 is 0 Å². The average molecular weight is 926 g/mol. The number of nitrogens with zero attached hydrogens (tertiary/aromatic N) is 2. The Labute approximate surface area is 400 Å². The van der Waals surface area contributed by atoms with Crippen molar-refractivity contribution in [3.8, 4) is 22.3 Å². The fourth-order valence-electron chi connectivity index (χ4n) is 10.4. The molecule has 0 aromatic heterocycles. The molecule has 5 N–H and O–H groups in total. The zero-order chi connectivity index (χ0) is 47.7. The normalized spacial score (nSPS) is 19.1. The maximum Gasteiger partial charge on any atom is 0.248 e. The zero-order valence-electron chi connectivity index (χ0n) is 39.8. The molecule has 0 bridgehead atoms. The van der Waals surface area contributed by atoms with Gasteiger partial charge in [0.25, 0.3) is 0 Å². The maximum atomic E-state index is 14.4. The van der Waals surface area contributed by atoms with Gasteiger partial charge in [0, 0.05) is 26.3 Å². The number of benzene rings is 4. The highest BCUT2D eigenvalue weighted by molar-refractivity contribution is 5.95. The SMILES string of the molecule is CNC(COCCCCCCO[C@H](C)C(NC(=O)[C@H](C)NC)C(=O)N1CCCC1C(=O)NC1c2ccccc2-c2ccccc21)C(=O)N1CCCC1C(=O)NC1c2ccccc2-c2ccccc21. The molecule has 2 saturated heterocycles. The van der Waals surface area contributed by atoms with Crippen LogP contribution in [0.25, 0.3) is 22.3 Å². The smallest absolute Gasteiger partial charge is 0.248 e. The second-order valence-corrected chi connectivity index (χ2v) is 18.5. The Kier molecular flexibility index (Phi) is 16.0. The van der Waals surface area contributed by atoms with Crippen LogP contribution in [-0.2, 0) is 33.4 Å². The van der Waals surface area contributed by atoms with Gasteiger partial charge < -0.3 is 45.9 Å². The first-order valence-electron chi connectivity index (χ1n) is 24.5. The molecule has 4 aromatic rings. The quantitative estimate of drug-likeness (QED) is 0.0687. The molecule has 0 spiro atoms. The summed E-state index contributed by atoms with van der Waals surface area (Å²) in [5, 5.41) is 15.5. The summed E-state index contributed by atoms with van der Waals surface area (Å²) in [7, 11) is 3.43. The summed E-state index contributed by atoms with van der Waals surface area (Å²) >= 11 is 0. The number of likely N-dealkylation sites (N-methyl/N-ethyl adjacent to an activating group) is 2. The standard InChI is InChI=1S/C54H67N7O7/c1-34(55-3)50(62)57-47(54(66)61-30-18-28-46(61)52(64)59-49-42-25-13-9-21-38(42)39-22-10-14-26-43(39)49)35(2)68-32-16-6-5-15-31-67-33-44(56-4)53(65)60-29-17-27-45(60)51(63)58-48-40-23-11-7-19-36(40)37-20-8-12-24-41(37)48/h7-14,19-26,34-35,44-49,55-56H,5-6,15-18,27-33H2,1-4H3,(H,57,62)(H,58,63)(H,59,64)/t34-,35+,44?,45?,46?,47?/m0/s1. The summed E-state index contributed by atoms with van der Waals surface area (Å²) in [6.45, 7) is 5.50. The number of carbonyl (C=O) groups excluding carboxylic acids is 5. The van der Waals surface area contributed by atoms with Crippen LogP contribution in [0.1, 0.15) is 99.6 Å². The Balaban J connectivity index is 0.775. The first kappa shape index (κ1) is 48.5. The van der Waals surface area contributed by atoms with Crippen LogP contribution < -0.4 is 26.6 Å². The highest BCUT2D eigenvalue weighted by Crippen LogP contribution is 2.44. The first-order chi connectivity index (χ1) is 33.1. The molecule has 6 atom stereocenters. The van der Waals surface area contributed by atoms with Crippen LogP contribution in [-0.4, -0.2) is 123 Å². The molecular weight excluding hydrogens is 859 g/mol. The van der Waals surface area contributed by atoms with E-state index in [4.69, 9.17) is 9.47 Å². The van der Waals surface area contributed by atoms with Gasteiger partial charge in [-0.05, 0) is 111 Å². The maximum absolute atomic E-state index is 14.4. The van der Waals surface area contributed by atoms with Crippen LogP contribution in [0.2, 0.25) is 0 Å². The number of amides is 5. The van der Waals surface area contributed by atoms with Crippen molar-refractivity contribution in [1.29, 1.82) is 0 Å². The Morgan fingerprint density at radius 3 is 1.49 bits per heavy atom. The Morgan fingerprint density at radius 1 is 0.588 bits per heavy atom. The van der Waals surface area contributed by atoms with Crippen molar-refractivity contribution in [2.45, 2.75) is 114 Å². The largest absolute Gasteiger partial charge is 0.379 e. The second kappa shape index (κ2) is 22.5. The van der Waals surface area contributed by atoms with E-state index in [0.717, 1.165) is 76.6 Å². The van der Waals surface area contributed by atoms with E-state index in [1.165, 1.54) is 0 Å². The molecule has 4 unspecified atom stereocenters. The van der Waals surface area contributed by atoms with E-state index in [9.17, 15) is 24.0 Å². The molecule has 5 amide bonds. The number of rotatable bonds is 21. The lowest BCUT2D eigenvalue weighted by atomic mass is 10.0. The molecule has 2 heterocycles. The van der Waals surface area contributed by atoms with Crippen LogP contribution in [0.3, 0.4) is 0 Å². The monoisotopic (exact) mass is 926 g/mol. The lowest BCUT2D eigenvalue weighted by Gasteiger charge is -2.32. The van der Waals surface area contributed by atoms with Crippen LogP contribution >= 0.6 is 0 Å². The molecule has 0 radical (unpaired) electrons. The Hall–Kier alpha value is -5.93. The third-order valence-electron chi connectivity index (χ3n) is 14.3. The lowest BCUT2D eigenvalue weighted by Crippen LogP contribution is -2.59. The number of hydrogen-bond acceptors (Lipinski definition) is 9. The minimum atomic E-state index is -0.983. The third-order valence-corrected chi connectivity index (χ3v) is 14.3. The Bertz CT molecular complexity index is 2350. The van der Waals surface area contributed by atoms with Crippen molar-refractivity contribution in [2.24, 2.45) is 0 Å². The summed E-state index contributed by atoms with van der Waals surface area (Å²) in [4.78, 5) is 72.5. The van der Waals surface area contributed by atoms with E-state index < -0.39 is 36.3 Å². The van der Waals surface area contributed by atoms with Gasteiger partial charge in [-0.15, -0.1) is 0 Å². The molecule has 2 aliphatic carbocycles. The van der Waals surface area contributed by atoms with Gasteiger partial charge in [0.1, 0.15) is 24.2 Å². The van der Waals surface area contributed by atoms with Gasteiger partial charge in [-0.3, -0.25) is 24.0 Å². The van der Waals surface area contributed by atoms with Crippen molar-refractivity contribution in [1.82, 2.24) is 36.4 Å².